The summed E-state index contributed by atoms with van der Waals surface area (Å²) >= 11 is 0. The second kappa shape index (κ2) is 8.22. The molecular weight excluding hydrogens is 368 g/mol. The molecule has 2 N–H and O–H groups in total. The minimum atomic E-state index is -0.512. The lowest BCUT2D eigenvalue weighted by molar-refractivity contribution is -0.105. The van der Waals surface area contributed by atoms with E-state index < -0.39 is 5.60 Å². The highest BCUT2D eigenvalue weighted by Gasteiger charge is 2.61. The van der Waals surface area contributed by atoms with E-state index in [0.29, 0.717) is 16.7 Å². The predicted molar refractivity (Wildman–Crippen MR) is 125 cm³/mol. The summed E-state index contributed by atoms with van der Waals surface area (Å²) in [6.07, 6.45) is 16.5. The maximum absolute atomic E-state index is 11.6. The number of hydrogen-bond donors (Lipinski definition) is 2. The smallest absolute Gasteiger partial charge is 0.0653 e. The first-order chi connectivity index (χ1) is 14.1. The highest BCUT2D eigenvalue weighted by molar-refractivity contribution is 5.25. The van der Waals surface area contributed by atoms with Gasteiger partial charge < -0.3 is 10.2 Å². The van der Waals surface area contributed by atoms with E-state index in [4.69, 9.17) is 0 Å². The SMILES string of the molecule is CC(C)CCCC[C@](C)(O)C1CCC2C3CC=C4C[C@@H](O)CC[C@]4(C)C3CC[C@@]21C. The Hall–Kier alpha value is -0.340. The largest absolute Gasteiger partial charge is 0.393 e. The molecule has 4 rings (SSSR count). The summed E-state index contributed by atoms with van der Waals surface area (Å²) in [7, 11) is 0. The molecular formula is C28H48O2. The maximum Gasteiger partial charge on any atom is 0.0653 e. The van der Waals surface area contributed by atoms with Crippen molar-refractivity contribution < 1.29 is 10.2 Å². The molecule has 4 aliphatic rings. The van der Waals surface area contributed by atoms with E-state index in [1.165, 1.54) is 57.8 Å². The molecule has 0 aliphatic heterocycles. The standard InChI is InChI=1S/C28H48O2/c1-19(2)8-6-7-15-28(5,30)25-12-11-23-22-10-9-20-18-21(29)13-16-26(20,3)24(22)14-17-27(23,25)4/h9,19,21-25,29-30H,6-8,10-18H2,1-5H3/t21-,22?,23?,24?,25?,26-,27-,28-/m0/s1. The van der Waals surface area contributed by atoms with E-state index in [-0.39, 0.29) is 6.10 Å². The van der Waals surface area contributed by atoms with E-state index in [1.54, 1.807) is 5.57 Å². The summed E-state index contributed by atoms with van der Waals surface area (Å²) in [6, 6.07) is 0. The summed E-state index contributed by atoms with van der Waals surface area (Å²) < 4.78 is 0. The molecule has 0 spiro atoms. The van der Waals surface area contributed by atoms with Gasteiger partial charge in [0.05, 0.1) is 11.7 Å². The second-order valence-corrected chi connectivity index (χ2v) is 12.8. The van der Waals surface area contributed by atoms with Crippen molar-refractivity contribution in [3.8, 4) is 0 Å². The number of aliphatic hydroxyl groups excluding tert-OH is 1. The van der Waals surface area contributed by atoms with Crippen LogP contribution in [0.15, 0.2) is 11.6 Å². The molecule has 0 saturated heterocycles. The van der Waals surface area contributed by atoms with Crippen LogP contribution in [0.2, 0.25) is 0 Å². The fourth-order valence-corrected chi connectivity index (χ4v) is 8.87. The van der Waals surface area contributed by atoms with E-state index >= 15 is 0 Å². The number of hydrogen-bond acceptors (Lipinski definition) is 2. The lowest BCUT2D eigenvalue weighted by Crippen LogP contribution is -2.53. The Morgan fingerprint density at radius 2 is 1.83 bits per heavy atom. The van der Waals surface area contributed by atoms with Gasteiger partial charge in [-0.05, 0) is 105 Å². The van der Waals surface area contributed by atoms with Gasteiger partial charge in [0, 0.05) is 0 Å². The van der Waals surface area contributed by atoms with Gasteiger partial charge in [-0.2, -0.15) is 0 Å². The number of fused-ring (bicyclic) bond motifs is 5. The van der Waals surface area contributed by atoms with Crippen LogP contribution >= 0.6 is 0 Å². The van der Waals surface area contributed by atoms with Crippen LogP contribution < -0.4 is 0 Å². The van der Waals surface area contributed by atoms with Crippen molar-refractivity contribution in [3.63, 3.8) is 0 Å². The zero-order valence-corrected chi connectivity index (χ0v) is 20.4. The minimum Gasteiger partial charge on any atom is -0.393 e. The van der Waals surface area contributed by atoms with Gasteiger partial charge in [-0.25, -0.2) is 0 Å². The van der Waals surface area contributed by atoms with E-state index in [9.17, 15) is 10.2 Å². The van der Waals surface area contributed by atoms with Crippen molar-refractivity contribution in [2.24, 2.45) is 40.4 Å². The number of allylic oxidation sites excluding steroid dienone is 1. The van der Waals surface area contributed by atoms with Gasteiger partial charge >= 0.3 is 0 Å². The van der Waals surface area contributed by atoms with Crippen LogP contribution in [0.1, 0.15) is 112 Å². The Morgan fingerprint density at radius 1 is 1.07 bits per heavy atom. The molecule has 0 radical (unpaired) electrons. The third-order valence-corrected chi connectivity index (χ3v) is 10.5. The maximum atomic E-state index is 11.6. The summed E-state index contributed by atoms with van der Waals surface area (Å²) in [6.45, 7) is 11.8. The van der Waals surface area contributed by atoms with Crippen molar-refractivity contribution in [2.45, 2.75) is 123 Å². The molecule has 0 bridgehead atoms. The highest BCUT2D eigenvalue weighted by Crippen LogP contribution is 2.67. The molecule has 30 heavy (non-hydrogen) atoms. The lowest BCUT2D eigenvalue weighted by Gasteiger charge is -2.59. The van der Waals surface area contributed by atoms with Gasteiger partial charge in [-0.1, -0.05) is 58.6 Å². The van der Waals surface area contributed by atoms with Gasteiger partial charge in [-0.3, -0.25) is 0 Å². The average molecular weight is 417 g/mol. The monoisotopic (exact) mass is 416 g/mol. The zero-order valence-electron chi connectivity index (χ0n) is 20.4. The van der Waals surface area contributed by atoms with Gasteiger partial charge in [0.25, 0.3) is 0 Å². The molecule has 4 aliphatic carbocycles. The Balaban J connectivity index is 1.48. The normalized spacial score (nSPS) is 45.3. The molecule has 3 fully saturated rings. The quantitative estimate of drug-likeness (QED) is 0.365. The fraction of sp³-hybridized carbons (Fsp3) is 0.929. The van der Waals surface area contributed by atoms with Crippen molar-refractivity contribution in [2.75, 3.05) is 0 Å². The molecule has 2 heteroatoms. The average Bonchev–Trinajstić information content (AvgIpc) is 3.04. The molecule has 0 aromatic heterocycles. The van der Waals surface area contributed by atoms with E-state index in [0.717, 1.165) is 42.9 Å². The summed E-state index contributed by atoms with van der Waals surface area (Å²) in [4.78, 5) is 0. The number of rotatable bonds is 6. The van der Waals surface area contributed by atoms with Crippen LogP contribution in [-0.4, -0.2) is 21.9 Å². The van der Waals surface area contributed by atoms with Crippen LogP contribution in [-0.2, 0) is 0 Å². The third kappa shape index (κ3) is 3.83. The van der Waals surface area contributed by atoms with Crippen LogP contribution in [0.3, 0.4) is 0 Å². The first-order valence-electron chi connectivity index (χ1n) is 13.2. The van der Waals surface area contributed by atoms with Gasteiger partial charge in [0.1, 0.15) is 0 Å². The minimum absolute atomic E-state index is 0.114. The Kier molecular flexibility index (Phi) is 6.26. The first-order valence-corrected chi connectivity index (χ1v) is 13.2. The molecule has 8 atom stereocenters. The topological polar surface area (TPSA) is 40.5 Å². The van der Waals surface area contributed by atoms with Gasteiger partial charge in [0.2, 0.25) is 0 Å². The summed E-state index contributed by atoms with van der Waals surface area (Å²) in [5.74, 6) is 3.57. The number of aliphatic hydroxyl groups is 2. The molecule has 0 aromatic rings. The molecule has 0 aromatic carbocycles. The predicted octanol–water partition coefficient (Wildman–Crippen LogP) is 6.89. The van der Waals surface area contributed by atoms with Gasteiger partial charge in [-0.15, -0.1) is 0 Å². The Morgan fingerprint density at radius 3 is 2.57 bits per heavy atom. The van der Waals surface area contributed by atoms with Crippen LogP contribution in [0.5, 0.6) is 0 Å². The Bertz CT molecular complexity index is 649. The number of unbranched alkanes of at least 4 members (excludes halogenated alkanes) is 1. The van der Waals surface area contributed by atoms with Crippen molar-refractivity contribution >= 4 is 0 Å². The van der Waals surface area contributed by atoms with Gasteiger partial charge in [0.15, 0.2) is 0 Å². The molecule has 2 nitrogen and oxygen atoms in total. The fourth-order valence-electron chi connectivity index (χ4n) is 8.87. The van der Waals surface area contributed by atoms with Crippen LogP contribution in [0, 0.1) is 40.4 Å². The Labute approximate surface area is 185 Å². The van der Waals surface area contributed by atoms with Crippen molar-refractivity contribution in [1.29, 1.82) is 0 Å². The third-order valence-electron chi connectivity index (χ3n) is 10.5. The summed E-state index contributed by atoms with van der Waals surface area (Å²) in [5, 5.41) is 21.8. The molecule has 4 unspecified atom stereocenters. The van der Waals surface area contributed by atoms with Crippen molar-refractivity contribution in [1.82, 2.24) is 0 Å². The van der Waals surface area contributed by atoms with E-state index in [1.807, 2.05) is 0 Å². The van der Waals surface area contributed by atoms with Crippen LogP contribution in [0.4, 0.5) is 0 Å². The molecule has 172 valence electrons. The second-order valence-electron chi connectivity index (χ2n) is 12.8. The van der Waals surface area contributed by atoms with Crippen molar-refractivity contribution in [3.05, 3.63) is 11.6 Å². The highest BCUT2D eigenvalue weighted by atomic mass is 16.3. The van der Waals surface area contributed by atoms with Crippen LogP contribution in [0.25, 0.3) is 0 Å². The lowest BCUT2D eigenvalue weighted by atomic mass is 9.46. The first kappa shape index (κ1) is 22.8. The summed E-state index contributed by atoms with van der Waals surface area (Å²) in [5.41, 5.74) is 1.68. The molecule has 0 amide bonds. The zero-order chi connectivity index (χ0) is 21.7. The van der Waals surface area contributed by atoms with E-state index in [2.05, 4.69) is 40.7 Å². The molecule has 0 heterocycles. The molecule has 3 saturated carbocycles.